The fourth-order valence-electron chi connectivity index (χ4n) is 1.19. The van der Waals surface area contributed by atoms with E-state index in [4.69, 9.17) is 4.74 Å². The van der Waals surface area contributed by atoms with E-state index in [0.29, 0.717) is 18.6 Å². The molecule has 17 heavy (non-hydrogen) atoms. The Hall–Kier alpha value is -0.320. The van der Waals surface area contributed by atoms with E-state index >= 15 is 0 Å². The zero-order valence-electron chi connectivity index (χ0n) is 10.9. The Morgan fingerprint density at radius 1 is 1.18 bits per heavy atom. The maximum Gasteiger partial charge on any atom is 1.00 e. The van der Waals surface area contributed by atoms with Crippen LogP contribution in [0.4, 0.5) is 0 Å². The van der Waals surface area contributed by atoms with Crippen molar-refractivity contribution in [1.82, 2.24) is 0 Å². The third kappa shape index (κ3) is 15.7. The van der Waals surface area contributed by atoms with Gasteiger partial charge in [0.15, 0.2) is 0 Å². The molecule has 0 aliphatic rings. The predicted octanol–water partition coefficient (Wildman–Crippen LogP) is -1.94. The molecule has 0 atom stereocenters. The van der Waals surface area contributed by atoms with Crippen LogP contribution < -0.4 is 34.7 Å². The predicted molar refractivity (Wildman–Crippen MR) is 58.4 cm³/mol. The third-order valence-electron chi connectivity index (χ3n) is 2.03. The fraction of sp³-hybridized carbons (Fsp3) is 0.667. The van der Waals surface area contributed by atoms with Gasteiger partial charge in [-0.15, -0.1) is 0 Å². The number of esters is 1. The molecule has 0 N–H and O–H groups in total. The Kier molecular flexibility index (Phi) is 13.6. The van der Waals surface area contributed by atoms with Gasteiger partial charge in [-0.3, -0.25) is 0 Å². The normalized spacial score (nSPS) is 10.3. The molecule has 0 radical (unpaired) electrons. The second-order valence-corrected chi connectivity index (χ2v) is 4.06. The van der Waals surface area contributed by atoms with E-state index in [1.165, 1.54) is 6.42 Å². The van der Waals surface area contributed by atoms with Crippen molar-refractivity contribution >= 4 is 11.9 Å². The van der Waals surface area contributed by atoms with Crippen molar-refractivity contribution in [2.24, 2.45) is 5.92 Å². The van der Waals surface area contributed by atoms with Gasteiger partial charge in [-0.2, -0.15) is 0 Å². The van der Waals surface area contributed by atoms with Crippen LogP contribution in [0.25, 0.3) is 0 Å². The van der Waals surface area contributed by atoms with Gasteiger partial charge in [-0.05, 0) is 18.4 Å². The van der Waals surface area contributed by atoms with Gasteiger partial charge >= 0.3 is 35.5 Å². The molecule has 4 nitrogen and oxygen atoms in total. The van der Waals surface area contributed by atoms with E-state index in [2.05, 4.69) is 13.8 Å². The summed E-state index contributed by atoms with van der Waals surface area (Å²) in [4.78, 5) is 20.9. The van der Waals surface area contributed by atoms with Gasteiger partial charge in [0.1, 0.15) is 0 Å². The van der Waals surface area contributed by atoms with Crippen LogP contribution in [0, 0.1) is 5.92 Å². The first-order chi connectivity index (χ1) is 7.52. The summed E-state index contributed by atoms with van der Waals surface area (Å²) >= 11 is 0. The summed E-state index contributed by atoms with van der Waals surface area (Å²) in [6.45, 7) is 4.68. The molecule has 0 aromatic carbocycles. The molecule has 92 valence electrons. The molecular formula is C12H19NaO4. The second-order valence-electron chi connectivity index (χ2n) is 4.06. The largest absolute Gasteiger partial charge is 1.00 e. The van der Waals surface area contributed by atoms with E-state index in [9.17, 15) is 14.7 Å². The van der Waals surface area contributed by atoms with Gasteiger partial charge in [0.2, 0.25) is 0 Å². The number of hydrogen-bond acceptors (Lipinski definition) is 4. The van der Waals surface area contributed by atoms with Gasteiger partial charge < -0.3 is 14.6 Å². The van der Waals surface area contributed by atoms with Crippen molar-refractivity contribution in [1.29, 1.82) is 0 Å². The summed E-state index contributed by atoms with van der Waals surface area (Å²) in [5, 5.41) is 9.98. The molecule has 0 aromatic rings. The molecule has 5 heteroatoms. The quantitative estimate of drug-likeness (QED) is 0.217. The van der Waals surface area contributed by atoms with Gasteiger partial charge in [0.25, 0.3) is 0 Å². The molecule has 0 spiro atoms. The van der Waals surface area contributed by atoms with Crippen LogP contribution in [0.1, 0.15) is 39.5 Å². The molecule has 0 aliphatic carbocycles. The van der Waals surface area contributed by atoms with Crippen molar-refractivity contribution in [2.45, 2.75) is 39.5 Å². The summed E-state index contributed by atoms with van der Waals surface area (Å²) in [7, 11) is 0. The molecule has 0 saturated heterocycles. The van der Waals surface area contributed by atoms with Crippen LogP contribution in [0.5, 0.6) is 0 Å². The topological polar surface area (TPSA) is 66.4 Å². The number of aliphatic carboxylic acids is 1. The first-order valence-corrected chi connectivity index (χ1v) is 5.58. The van der Waals surface area contributed by atoms with Crippen molar-refractivity contribution in [3.8, 4) is 0 Å². The van der Waals surface area contributed by atoms with E-state index in [1.54, 1.807) is 0 Å². The number of unbranched alkanes of at least 4 members (excludes halogenated alkanes) is 2. The minimum atomic E-state index is -1.39. The van der Waals surface area contributed by atoms with Crippen molar-refractivity contribution < 1.29 is 49.0 Å². The van der Waals surface area contributed by atoms with Gasteiger partial charge in [-0.1, -0.05) is 33.1 Å². The molecule has 0 fully saturated rings. The van der Waals surface area contributed by atoms with Crippen molar-refractivity contribution in [2.75, 3.05) is 6.61 Å². The first kappa shape index (κ1) is 19.0. The number of ether oxygens (including phenoxy) is 1. The minimum absolute atomic E-state index is 0. The summed E-state index contributed by atoms with van der Waals surface area (Å²) in [6.07, 6.45) is 5.68. The number of hydrogen-bond donors (Lipinski definition) is 0. The standard InChI is InChI=1S/C12H20O4.Na/c1-10(2)6-4-3-5-9-16-12(15)8-7-11(13)14;/h7-8,10H,3-6,9H2,1-2H3,(H,13,14);/q;+1/p-1/b8-7-;. The maximum atomic E-state index is 10.9. The second kappa shape index (κ2) is 12.1. The number of carboxylic acids is 1. The monoisotopic (exact) mass is 250 g/mol. The van der Waals surface area contributed by atoms with Crippen molar-refractivity contribution in [3.05, 3.63) is 12.2 Å². The molecular weight excluding hydrogens is 231 g/mol. The smallest absolute Gasteiger partial charge is 0.545 e. The molecule has 0 unspecified atom stereocenters. The molecule has 0 aromatic heterocycles. The van der Waals surface area contributed by atoms with E-state index in [-0.39, 0.29) is 29.6 Å². The van der Waals surface area contributed by atoms with Crippen LogP contribution in [-0.2, 0) is 14.3 Å². The number of rotatable bonds is 8. The van der Waals surface area contributed by atoms with E-state index in [0.717, 1.165) is 25.3 Å². The molecule has 0 rings (SSSR count). The van der Waals surface area contributed by atoms with Gasteiger partial charge in [-0.25, -0.2) is 4.79 Å². The molecule has 0 heterocycles. The Bertz CT molecular complexity index is 249. The molecule has 0 saturated carbocycles. The summed E-state index contributed by atoms with van der Waals surface area (Å²) in [5.41, 5.74) is 0. The summed E-state index contributed by atoms with van der Waals surface area (Å²) in [5.74, 6) is -1.32. The molecule has 0 amide bonds. The number of carbonyl (C=O) groups excluding carboxylic acids is 2. The zero-order valence-corrected chi connectivity index (χ0v) is 12.9. The minimum Gasteiger partial charge on any atom is -0.545 e. The summed E-state index contributed by atoms with van der Waals surface area (Å²) < 4.78 is 4.78. The van der Waals surface area contributed by atoms with Gasteiger partial charge in [0, 0.05) is 6.08 Å². The van der Waals surface area contributed by atoms with Crippen molar-refractivity contribution in [3.63, 3.8) is 0 Å². The fourth-order valence-corrected chi connectivity index (χ4v) is 1.19. The first-order valence-electron chi connectivity index (χ1n) is 5.58. The molecule has 0 bridgehead atoms. The third-order valence-corrected chi connectivity index (χ3v) is 2.03. The SMILES string of the molecule is CC(C)CCCCCOC(=O)/C=C\C(=O)[O-].[Na+]. The maximum absolute atomic E-state index is 10.9. The van der Waals surface area contributed by atoms with Crippen LogP contribution in [-0.4, -0.2) is 18.5 Å². The van der Waals surface area contributed by atoms with Crippen LogP contribution in [0.15, 0.2) is 12.2 Å². The van der Waals surface area contributed by atoms with Crippen LogP contribution in [0.2, 0.25) is 0 Å². The van der Waals surface area contributed by atoms with E-state index < -0.39 is 11.9 Å². The van der Waals surface area contributed by atoms with Gasteiger partial charge in [0.05, 0.1) is 12.6 Å². The number of carbonyl (C=O) groups is 2. The Morgan fingerprint density at radius 2 is 1.82 bits per heavy atom. The molecule has 0 aliphatic heterocycles. The summed E-state index contributed by atoms with van der Waals surface area (Å²) in [6, 6.07) is 0. The number of carboxylic acid groups (broad SMARTS) is 1. The van der Waals surface area contributed by atoms with Crippen LogP contribution >= 0.6 is 0 Å². The van der Waals surface area contributed by atoms with Crippen LogP contribution in [0.3, 0.4) is 0 Å². The zero-order chi connectivity index (χ0) is 12.4. The van der Waals surface area contributed by atoms with E-state index in [1.807, 2.05) is 0 Å². The average molecular weight is 250 g/mol. The Balaban J connectivity index is 0. The Morgan fingerprint density at radius 3 is 2.35 bits per heavy atom. The Labute approximate surface area is 125 Å². The average Bonchev–Trinajstić information content (AvgIpc) is 2.19.